The van der Waals surface area contributed by atoms with Crippen LogP contribution in [0.5, 0.6) is 0 Å². The minimum absolute atomic E-state index is 0.157. The van der Waals surface area contributed by atoms with Crippen molar-refractivity contribution in [2.45, 2.75) is 25.0 Å². The van der Waals surface area contributed by atoms with Crippen LogP contribution in [-0.4, -0.2) is 31.7 Å². The third-order valence-electron chi connectivity index (χ3n) is 2.50. The van der Waals surface area contributed by atoms with E-state index in [4.69, 9.17) is 9.47 Å². The lowest BCUT2D eigenvalue weighted by atomic mass is 10.1. The molecule has 0 spiro atoms. The van der Waals surface area contributed by atoms with E-state index in [0.717, 1.165) is 12.1 Å². The fraction of sp³-hybridized carbons (Fsp3) is 0.500. The van der Waals surface area contributed by atoms with Gasteiger partial charge < -0.3 is 14.6 Å². The molecule has 0 radical (unpaired) electrons. The number of aliphatic hydroxyl groups excluding tert-OH is 1. The first-order valence-corrected chi connectivity index (χ1v) is 5.28. The molecule has 0 heterocycles. The van der Waals surface area contributed by atoms with E-state index in [1.54, 1.807) is 0 Å². The molecule has 0 aliphatic rings. The molecule has 0 saturated heterocycles. The number of rotatable bonds is 5. The zero-order valence-corrected chi connectivity index (χ0v) is 10.1. The topological polar surface area (TPSA) is 38.7 Å². The highest BCUT2D eigenvalue weighted by atomic mass is 19.4. The number of ether oxygens (including phenoxy) is 2. The SMILES string of the molecule is COC(OC)C(O)Cc1ccc(C(F)(F)F)cc1. The first-order chi connectivity index (χ1) is 8.38. The molecular weight excluding hydrogens is 249 g/mol. The van der Waals surface area contributed by atoms with Crippen LogP contribution in [0.3, 0.4) is 0 Å². The van der Waals surface area contributed by atoms with Crippen LogP contribution in [0.1, 0.15) is 11.1 Å². The van der Waals surface area contributed by atoms with E-state index in [-0.39, 0.29) is 6.42 Å². The average molecular weight is 264 g/mol. The van der Waals surface area contributed by atoms with E-state index in [2.05, 4.69) is 0 Å². The maximum absolute atomic E-state index is 12.3. The van der Waals surface area contributed by atoms with E-state index in [1.165, 1.54) is 26.4 Å². The maximum atomic E-state index is 12.3. The van der Waals surface area contributed by atoms with Crippen molar-refractivity contribution in [2.75, 3.05) is 14.2 Å². The molecule has 3 nitrogen and oxygen atoms in total. The van der Waals surface area contributed by atoms with Gasteiger partial charge in [0.2, 0.25) is 0 Å². The van der Waals surface area contributed by atoms with Crippen molar-refractivity contribution in [3.8, 4) is 0 Å². The second kappa shape index (κ2) is 6.17. The summed E-state index contributed by atoms with van der Waals surface area (Å²) in [5.74, 6) is 0. The van der Waals surface area contributed by atoms with Gasteiger partial charge in [-0.15, -0.1) is 0 Å². The summed E-state index contributed by atoms with van der Waals surface area (Å²) in [6.45, 7) is 0. The Kier molecular flexibility index (Phi) is 5.13. The Morgan fingerprint density at radius 3 is 2.00 bits per heavy atom. The van der Waals surface area contributed by atoms with E-state index in [9.17, 15) is 18.3 Å². The molecule has 18 heavy (non-hydrogen) atoms. The molecule has 1 N–H and O–H groups in total. The second-order valence-electron chi connectivity index (χ2n) is 3.81. The quantitative estimate of drug-likeness (QED) is 0.829. The van der Waals surface area contributed by atoms with E-state index >= 15 is 0 Å². The van der Waals surface area contributed by atoms with Gasteiger partial charge in [0.25, 0.3) is 0 Å². The lowest BCUT2D eigenvalue weighted by molar-refractivity contribution is -0.163. The molecule has 1 unspecified atom stereocenters. The van der Waals surface area contributed by atoms with E-state index < -0.39 is 24.1 Å². The van der Waals surface area contributed by atoms with Crippen LogP contribution in [0.2, 0.25) is 0 Å². The summed E-state index contributed by atoms with van der Waals surface area (Å²) in [5.41, 5.74) is -0.134. The maximum Gasteiger partial charge on any atom is 0.416 e. The molecule has 6 heteroatoms. The molecular formula is C12H15F3O3. The third-order valence-corrected chi connectivity index (χ3v) is 2.50. The van der Waals surface area contributed by atoms with Crippen molar-refractivity contribution in [3.05, 3.63) is 35.4 Å². The van der Waals surface area contributed by atoms with E-state index in [0.29, 0.717) is 5.56 Å². The summed E-state index contributed by atoms with van der Waals surface area (Å²) in [5, 5.41) is 9.72. The fourth-order valence-corrected chi connectivity index (χ4v) is 1.58. The molecule has 102 valence electrons. The minimum atomic E-state index is -4.35. The van der Waals surface area contributed by atoms with Crippen molar-refractivity contribution in [3.63, 3.8) is 0 Å². The van der Waals surface area contributed by atoms with E-state index in [1.807, 2.05) is 0 Å². The molecule has 0 bridgehead atoms. The van der Waals surface area contributed by atoms with Gasteiger partial charge in [-0.25, -0.2) is 0 Å². The molecule has 1 aromatic carbocycles. The molecule has 0 saturated carbocycles. The van der Waals surface area contributed by atoms with Crippen molar-refractivity contribution in [1.29, 1.82) is 0 Å². The molecule has 0 amide bonds. The van der Waals surface area contributed by atoms with Crippen molar-refractivity contribution in [2.24, 2.45) is 0 Å². The highest BCUT2D eigenvalue weighted by Gasteiger charge is 2.30. The van der Waals surface area contributed by atoms with Gasteiger partial charge in [-0.3, -0.25) is 0 Å². The molecule has 0 aromatic heterocycles. The van der Waals surface area contributed by atoms with Crippen molar-refractivity contribution >= 4 is 0 Å². The number of halogens is 3. The lowest BCUT2D eigenvalue weighted by Gasteiger charge is -2.20. The summed E-state index contributed by atoms with van der Waals surface area (Å²) < 4.78 is 46.7. The molecule has 1 rings (SSSR count). The Morgan fingerprint density at radius 2 is 1.61 bits per heavy atom. The van der Waals surface area contributed by atoms with Crippen molar-refractivity contribution < 1.29 is 27.8 Å². The summed E-state index contributed by atoms with van der Waals surface area (Å²) in [4.78, 5) is 0. The van der Waals surface area contributed by atoms with Crippen LogP contribution in [-0.2, 0) is 22.1 Å². The van der Waals surface area contributed by atoms with Gasteiger partial charge in [0.15, 0.2) is 6.29 Å². The summed E-state index contributed by atoms with van der Waals surface area (Å²) in [7, 11) is 2.76. The molecule has 0 aliphatic heterocycles. The van der Waals surface area contributed by atoms with Crippen LogP contribution in [0.25, 0.3) is 0 Å². The zero-order valence-electron chi connectivity index (χ0n) is 10.1. The molecule has 1 aromatic rings. The van der Waals surface area contributed by atoms with Crippen LogP contribution in [0.15, 0.2) is 24.3 Å². The van der Waals surface area contributed by atoms with Crippen LogP contribution in [0.4, 0.5) is 13.2 Å². The summed E-state index contributed by atoms with van der Waals surface area (Å²) in [6.07, 6.45) is -5.92. The van der Waals surface area contributed by atoms with Crippen LogP contribution >= 0.6 is 0 Å². The minimum Gasteiger partial charge on any atom is -0.387 e. The Morgan fingerprint density at radius 1 is 1.11 bits per heavy atom. The highest BCUT2D eigenvalue weighted by molar-refractivity contribution is 5.25. The average Bonchev–Trinajstić information content (AvgIpc) is 2.30. The number of aliphatic hydroxyl groups is 1. The Hall–Kier alpha value is -1.11. The monoisotopic (exact) mass is 264 g/mol. The number of methoxy groups -OCH3 is 2. The van der Waals surface area contributed by atoms with Gasteiger partial charge in [-0.05, 0) is 17.7 Å². The number of hydrogen-bond acceptors (Lipinski definition) is 3. The van der Waals surface area contributed by atoms with Crippen LogP contribution < -0.4 is 0 Å². The lowest BCUT2D eigenvalue weighted by Crippen LogP contribution is -2.31. The van der Waals surface area contributed by atoms with Gasteiger partial charge in [-0.2, -0.15) is 13.2 Å². The smallest absolute Gasteiger partial charge is 0.387 e. The normalized spacial score (nSPS) is 13.9. The van der Waals surface area contributed by atoms with Gasteiger partial charge in [0, 0.05) is 20.6 Å². The number of hydrogen-bond donors (Lipinski definition) is 1. The number of alkyl halides is 3. The standard InChI is InChI=1S/C12H15F3O3/c1-17-11(18-2)10(16)7-8-3-5-9(6-4-8)12(13,14)15/h3-6,10-11,16H,7H2,1-2H3. The van der Waals surface area contributed by atoms with Crippen LogP contribution in [0, 0.1) is 0 Å². The Bertz CT molecular complexity index is 358. The van der Waals surface area contributed by atoms with Gasteiger partial charge in [0.05, 0.1) is 5.56 Å². The highest BCUT2D eigenvalue weighted by Crippen LogP contribution is 2.29. The Labute approximate surface area is 103 Å². The van der Waals surface area contributed by atoms with Gasteiger partial charge in [-0.1, -0.05) is 12.1 Å². The summed E-state index contributed by atoms with van der Waals surface area (Å²) >= 11 is 0. The Balaban J connectivity index is 2.69. The molecule has 0 fully saturated rings. The predicted octanol–water partition coefficient (Wildman–Crippen LogP) is 2.23. The zero-order chi connectivity index (χ0) is 13.8. The molecule has 0 aliphatic carbocycles. The van der Waals surface area contributed by atoms with Gasteiger partial charge >= 0.3 is 6.18 Å². The third kappa shape index (κ3) is 3.97. The fourth-order valence-electron chi connectivity index (χ4n) is 1.58. The largest absolute Gasteiger partial charge is 0.416 e. The van der Waals surface area contributed by atoms with Crippen molar-refractivity contribution in [1.82, 2.24) is 0 Å². The second-order valence-corrected chi connectivity index (χ2v) is 3.81. The first kappa shape index (κ1) is 14.9. The van der Waals surface area contributed by atoms with Gasteiger partial charge in [0.1, 0.15) is 6.10 Å². The predicted molar refractivity (Wildman–Crippen MR) is 59.0 cm³/mol. The summed E-state index contributed by atoms with van der Waals surface area (Å²) in [6, 6.07) is 4.62. The molecule has 1 atom stereocenters. The first-order valence-electron chi connectivity index (χ1n) is 5.28. The number of benzene rings is 1.